The van der Waals surface area contributed by atoms with Crippen LogP contribution in [0.3, 0.4) is 0 Å². The molecule has 0 aliphatic carbocycles. The van der Waals surface area contributed by atoms with E-state index in [2.05, 4.69) is 19.2 Å². The fraction of sp³-hybridized carbons (Fsp3) is 0.562. The Morgan fingerprint density at radius 2 is 2.05 bits per heavy atom. The van der Waals surface area contributed by atoms with Gasteiger partial charge in [0.2, 0.25) is 5.91 Å². The van der Waals surface area contributed by atoms with E-state index in [0.29, 0.717) is 12.5 Å². The van der Waals surface area contributed by atoms with Crippen molar-refractivity contribution in [3.8, 4) is 5.75 Å². The minimum Gasteiger partial charge on any atom is -0.496 e. The minimum atomic E-state index is -0.102. The average Bonchev–Trinajstić information content (AvgIpc) is 2.82. The third-order valence-corrected chi connectivity index (χ3v) is 4.19. The number of ether oxygens (including phenoxy) is 1. The highest BCUT2D eigenvalue weighted by molar-refractivity contribution is 5.85. The monoisotopic (exact) mass is 276 g/mol. The van der Waals surface area contributed by atoms with Crippen molar-refractivity contribution in [1.82, 2.24) is 10.2 Å². The summed E-state index contributed by atoms with van der Waals surface area (Å²) < 4.78 is 5.43. The molecule has 0 aromatic heterocycles. The minimum absolute atomic E-state index is 0.0948. The molecule has 4 heteroatoms. The number of rotatable bonds is 5. The number of carbonyl (C=O) groups is 1. The Morgan fingerprint density at radius 1 is 1.35 bits per heavy atom. The molecule has 0 spiro atoms. The van der Waals surface area contributed by atoms with Crippen molar-refractivity contribution in [2.24, 2.45) is 5.92 Å². The molecule has 2 rings (SSSR count). The zero-order valence-electron chi connectivity index (χ0n) is 12.7. The highest BCUT2D eigenvalue weighted by Gasteiger charge is 2.41. The van der Waals surface area contributed by atoms with Gasteiger partial charge in [0.1, 0.15) is 11.9 Å². The summed E-state index contributed by atoms with van der Waals surface area (Å²) in [5, 5.41) is 3.48. The van der Waals surface area contributed by atoms with E-state index >= 15 is 0 Å². The molecule has 3 atom stereocenters. The van der Waals surface area contributed by atoms with Crippen LogP contribution in [0.15, 0.2) is 24.3 Å². The molecular formula is C16H24N2O2. The van der Waals surface area contributed by atoms with Crippen LogP contribution in [0.25, 0.3) is 0 Å². The van der Waals surface area contributed by atoms with E-state index in [-0.39, 0.29) is 18.1 Å². The summed E-state index contributed by atoms with van der Waals surface area (Å²) in [6.07, 6.45) is 0.891. The normalized spacial score (nSPS) is 24.0. The van der Waals surface area contributed by atoms with Gasteiger partial charge >= 0.3 is 0 Å². The van der Waals surface area contributed by atoms with Crippen LogP contribution in [0.2, 0.25) is 0 Å². The number of hydrogen-bond acceptors (Lipinski definition) is 3. The van der Waals surface area contributed by atoms with E-state index in [9.17, 15) is 4.79 Å². The van der Waals surface area contributed by atoms with Gasteiger partial charge in [0, 0.05) is 12.1 Å². The van der Waals surface area contributed by atoms with Crippen molar-refractivity contribution >= 4 is 5.91 Å². The van der Waals surface area contributed by atoms with Crippen LogP contribution in [0.5, 0.6) is 5.75 Å². The van der Waals surface area contributed by atoms with Gasteiger partial charge in [-0.15, -0.1) is 0 Å². The van der Waals surface area contributed by atoms with E-state index in [1.54, 1.807) is 7.11 Å². The Hall–Kier alpha value is -1.55. The lowest BCUT2D eigenvalue weighted by Crippen LogP contribution is -2.35. The molecule has 4 nitrogen and oxygen atoms in total. The fourth-order valence-electron chi connectivity index (χ4n) is 2.77. The summed E-state index contributed by atoms with van der Waals surface area (Å²) >= 11 is 0. The number of amides is 1. The molecule has 1 N–H and O–H groups in total. The molecule has 1 saturated heterocycles. The number of methoxy groups -OCH3 is 1. The van der Waals surface area contributed by atoms with Gasteiger partial charge in [-0.2, -0.15) is 0 Å². The Morgan fingerprint density at radius 3 is 2.65 bits per heavy atom. The Labute approximate surface area is 121 Å². The third-order valence-electron chi connectivity index (χ3n) is 4.19. The molecule has 1 aromatic carbocycles. The van der Waals surface area contributed by atoms with Crippen LogP contribution < -0.4 is 10.1 Å². The van der Waals surface area contributed by atoms with Gasteiger partial charge in [0.25, 0.3) is 0 Å². The third kappa shape index (κ3) is 2.52. The molecule has 1 aliphatic rings. The summed E-state index contributed by atoms with van der Waals surface area (Å²) in [6, 6.07) is 7.78. The van der Waals surface area contributed by atoms with Crippen molar-refractivity contribution in [2.75, 3.05) is 13.7 Å². The average molecular weight is 276 g/mol. The number of nitrogens with one attached hydrogen (secondary N) is 1. The van der Waals surface area contributed by atoms with E-state index in [4.69, 9.17) is 4.74 Å². The molecule has 3 unspecified atom stereocenters. The summed E-state index contributed by atoms with van der Waals surface area (Å²) in [5.74, 6) is 1.34. The number of para-hydroxylation sites is 1. The first kappa shape index (κ1) is 14.9. The summed E-state index contributed by atoms with van der Waals surface area (Å²) in [6.45, 7) is 6.95. The zero-order chi connectivity index (χ0) is 14.7. The number of carbonyl (C=O) groups excluding carboxylic acids is 1. The first-order valence-electron chi connectivity index (χ1n) is 7.33. The summed E-state index contributed by atoms with van der Waals surface area (Å²) in [4.78, 5) is 14.4. The van der Waals surface area contributed by atoms with E-state index in [1.165, 1.54) is 0 Å². The molecular weight excluding hydrogens is 252 g/mol. The predicted octanol–water partition coefficient (Wildman–Crippen LogP) is 2.56. The SMILES string of the molecule is CCC(C)C1NC(c2ccccc2OC)N(CC)C1=O. The highest BCUT2D eigenvalue weighted by atomic mass is 16.5. The molecule has 110 valence electrons. The fourth-order valence-corrected chi connectivity index (χ4v) is 2.77. The van der Waals surface area contributed by atoms with E-state index < -0.39 is 0 Å². The van der Waals surface area contributed by atoms with Crippen molar-refractivity contribution in [1.29, 1.82) is 0 Å². The number of likely N-dealkylation sites (N-methyl/N-ethyl adjacent to an activating group) is 1. The number of hydrogen-bond donors (Lipinski definition) is 1. The van der Waals surface area contributed by atoms with Gasteiger partial charge in [-0.1, -0.05) is 38.5 Å². The van der Waals surface area contributed by atoms with Crippen molar-refractivity contribution in [3.63, 3.8) is 0 Å². The van der Waals surface area contributed by atoms with Crippen LogP contribution in [-0.2, 0) is 4.79 Å². The molecule has 1 amide bonds. The number of nitrogens with zero attached hydrogens (tertiary/aromatic N) is 1. The molecule has 0 radical (unpaired) electrons. The lowest BCUT2D eigenvalue weighted by Gasteiger charge is -2.24. The Balaban J connectivity index is 2.33. The molecule has 0 bridgehead atoms. The topological polar surface area (TPSA) is 41.6 Å². The van der Waals surface area contributed by atoms with Gasteiger partial charge < -0.3 is 9.64 Å². The van der Waals surface area contributed by atoms with Gasteiger partial charge in [-0.25, -0.2) is 0 Å². The van der Waals surface area contributed by atoms with Gasteiger partial charge in [-0.3, -0.25) is 10.1 Å². The van der Waals surface area contributed by atoms with Crippen LogP contribution in [-0.4, -0.2) is 30.5 Å². The second kappa shape index (κ2) is 6.27. The van der Waals surface area contributed by atoms with Crippen molar-refractivity contribution in [2.45, 2.75) is 39.4 Å². The first-order valence-corrected chi connectivity index (χ1v) is 7.33. The second-order valence-electron chi connectivity index (χ2n) is 5.30. The van der Waals surface area contributed by atoms with Crippen LogP contribution in [0, 0.1) is 5.92 Å². The van der Waals surface area contributed by atoms with Gasteiger partial charge in [0.05, 0.1) is 13.2 Å². The van der Waals surface area contributed by atoms with Gasteiger partial charge in [-0.05, 0) is 18.9 Å². The Kier molecular flexibility index (Phi) is 4.65. The molecule has 1 aliphatic heterocycles. The summed E-state index contributed by atoms with van der Waals surface area (Å²) in [5.41, 5.74) is 1.02. The maximum atomic E-state index is 12.5. The van der Waals surface area contributed by atoms with Crippen molar-refractivity contribution in [3.05, 3.63) is 29.8 Å². The van der Waals surface area contributed by atoms with Crippen LogP contribution in [0.1, 0.15) is 38.9 Å². The number of benzene rings is 1. The molecule has 20 heavy (non-hydrogen) atoms. The molecule has 1 aromatic rings. The molecule has 0 saturated carbocycles. The predicted molar refractivity (Wildman–Crippen MR) is 79.5 cm³/mol. The summed E-state index contributed by atoms with van der Waals surface area (Å²) in [7, 11) is 1.66. The molecule has 1 fully saturated rings. The largest absolute Gasteiger partial charge is 0.496 e. The smallest absolute Gasteiger partial charge is 0.241 e. The van der Waals surface area contributed by atoms with Gasteiger partial charge in [0.15, 0.2) is 0 Å². The first-order chi connectivity index (χ1) is 9.63. The van der Waals surface area contributed by atoms with Crippen LogP contribution >= 0.6 is 0 Å². The standard InChI is InChI=1S/C16H24N2O2/c1-5-11(3)14-16(19)18(6-2)15(17-14)12-9-7-8-10-13(12)20-4/h7-11,14-15,17H,5-6H2,1-4H3. The highest BCUT2D eigenvalue weighted by Crippen LogP contribution is 2.33. The second-order valence-corrected chi connectivity index (χ2v) is 5.30. The zero-order valence-corrected chi connectivity index (χ0v) is 12.7. The van der Waals surface area contributed by atoms with Crippen molar-refractivity contribution < 1.29 is 9.53 Å². The van der Waals surface area contributed by atoms with E-state index in [1.807, 2.05) is 36.1 Å². The lowest BCUT2D eigenvalue weighted by molar-refractivity contribution is -0.130. The quantitative estimate of drug-likeness (QED) is 0.898. The maximum Gasteiger partial charge on any atom is 0.241 e. The van der Waals surface area contributed by atoms with E-state index in [0.717, 1.165) is 17.7 Å². The molecule has 1 heterocycles. The Bertz CT molecular complexity index is 475. The maximum absolute atomic E-state index is 12.5. The lowest BCUT2D eigenvalue weighted by atomic mass is 9.99. The van der Waals surface area contributed by atoms with Crippen LogP contribution in [0.4, 0.5) is 0 Å².